The molecule has 0 radical (unpaired) electrons. The number of nitrogens with two attached hydrogens (primary N) is 1. The maximum Gasteiger partial charge on any atom is 0.164 e. The Balaban J connectivity index is 3.21. The summed E-state index contributed by atoms with van der Waals surface area (Å²) in [7, 11) is 1.47. The molecule has 0 aliphatic rings. The van der Waals surface area contributed by atoms with Gasteiger partial charge in [-0.15, -0.1) is 0 Å². The third-order valence-electron chi connectivity index (χ3n) is 2.33. The van der Waals surface area contributed by atoms with Gasteiger partial charge in [0.25, 0.3) is 0 Å². The van der Waals surface area contributed by atoms with E-state index in [-0.39, 0.29) is 17.7 Å². The number of aryl methyl sites for hydroxylation is 1. The number of ether oxygens (including phenoxy) is 1. The van der Waals surface area contributed by atoms with Gasteiger partial charge in [0.15, 0.2) is 11.6 Å². The van der Waals surface area contributed by atoms with Crippen LogP contribution in [0.2, 0.25) is 0 Å². The summed E-state index contributed by atoms with van der Waals surface area (Å²) in [5.74, 6) is -1.74. The van der Waals surface area contributed by atoms with Crippen molar-refractivity contribution in [3.05, 3.63) is 34.9 Å². The molecule has 1 aromatic rings. The lowest BCUT2D eigenvalue weighted by molar-refractivity contribution is 0.138. The zero-order valence-corrected chi connectivity index (χ0v) is 9.10. The zero-order valence-electron chi connectivity index (χ0n) is 9.10. The van der Waals surface area contributed by atoms with Gasteiger partial charge in [0.2, 0.25) is 0 Å². The summed E-state index contributed by atoms with van der Waals surface area (Å²) >= 11 is 0. The van der Waals surface area contributed by atoms with Crippen molar-refractivity contribution in [2.45, 2.75) is 19.4 Å². The second-order valence-corrected chi connectivity index (χ2v) is 3.91. The molecule has 0 aromatic heterocycles. The van der Waals surface area contributed by atoms with Crippen molar-refractivity contribution in [1.29, 1.82) is 0 Å². The van der Waals surface area contributed by atoms with E-state index in [2.05, 4.69) is 0 Å². The first-order valence-electron chi connectivity index (χ1n) is 4.63. The smallest absolute Gasteiger partial charge is 0.164 e. The summed E-state index contributed by atoms with van der Waals surface area (Å²) in [6.07, 6.45) is 0. The molecular weight excluding hydrogens is 200 g/mol. The molecule has 0 fully saturated rings. The Bertz CT molecular complexity index is 364. The Morgan fingerprint density at radius 2 is 1.93 bits per heavy atom. The van der Waals surface area contributed by atoms with Crippen molar-refractivity contribution >= 4 is 0 Å². The highest BCUT2D eigenvalue weighted by molar-refractivity contribution is 5.30. The average molecular weight is 215 g/mol. The van der Waals surface area contributed by atoms with Crippen molar-refractivity contribution in [3.8, 4) is 0 Å². The van der Waals surface area contributed by atoms with Gasteiger partial charge in [-0.1, -0.05) is 12.1 Å². The van der Waals surface area contributed by atoms with Gasteiger partial charge in [0.05, 0.1) is 12.1 Å². The number of hydrogen-bond acceptors (Lipinski definition) is 2. The maximum atomic E-state index is 13.6. The van der Waals surface area contributed by atoms with Gasteiger partial charge in [-0.25, -0.2) is 8.78 Å². The Morgan fingerprint density at radius 1 is 1.33 bits per heavy atom. The SMILES string of the molecule is COCC(C)(N)c1ccc(C)c(F)c1F. The maximum absolute atomic E-state index is 13.6. The van der Waals surface area contributed by atoms with E-state index in [0.29, 0.717) is 0 Å². The van der Waals surface area contributed by atoms with Gasteiger partial charge in [0, 0.05) is 12.7 Å². The molecule has 1 atom stereocenters. The molecule has 1 aromatic carbocycles. The van der Waals surface area contributed by atoms with Gasteiger partial charge < -0.3 is 10.5 Å². The molecule has 2 nitrogen and oxygen atoms in total. The third-order valence-corrected chi connectivity index (χ3v) is 2.33. The minimum Gasteiger partial charge on any atom is -0.382 e. The van der Waals surface area contributed by atoms with Crippen molar-refractivity contribution in [1.82, 2.24) is 0 Å². The minimum absolute atomic E-state index is 0.131. The summed E-state index contributed by atoms with van der Waals surface area (Å²) in [4.78, 5) is 0. The van der Waals surface area contributed by atoms with Crippen LogP contribution in [0.1, 0.15) is 18.1 Å². The van der Waals surface area contributed by atoms with E-state index in [1.54, 1.807) is 6.92 Å². The fourth-order valence-corrected chi connectivity index (χ4v) is 1.46. The largest absolute Gasteiger partial charge is 0.382 e. The first-order valence-corrected chi connectivity index (χ1v) is 4.63. The molecule has 0 bridgehead atoms. The minimum atomic E-state index is -1.02. The summed E-state index contributed by atoms with van der Waals surface area (Å²) in [6.45, 7) is 3.24. The highest BCUT2D eigenvalue weighted by Gasteiger charge is 2.26. The molecule has 1 unspecified atom stereocenters. The van der Waals surface area contributed by atoms with E-state index in [1.165, 1.54) is 26.2 Å². The number of benzene rings is 1. The number of halogens is 2. The van der Waals surface area contributed by atoms with Crippen molar-refractivity contribution in [2.75, 3.05) is 13.7 Å². The van der Waals surface area contributed by atoms with Crippen LogP contribution in [0.3, 0.4) is 0 Å². The number of hydrogen-bond donors (Lipinski definition) is 1. The predicted molar refractivity (Wildman–Crippen MR) is 54.5 cm³/mol. The molecule has 0 saturated heterocycles. The molecule has 2 N–H and O–H groups in total. The van der Waals surface area contributed by atoms with Crippen LogP contribution in [0.4, 0.5) is 8.78 Å². The number of methoxy groups -OCH3 is 1. The molecule has 0 aliphatic heterocycles. The van der Waals surface area contributed by atoms with E-state index in [9.17, 15) is 8.78 Å². The fraction of sp³-hybridized carbons (Fsp3) is 0.455. The number of rotatable bonds is 3. The van der Waals surface area contributed by atoms with Crippen molar-refractivity contribution in [3.63, 3.8) is 0 Å². The van der Waals surface area contributed by atoms with E-state index in [0.717, 1.165) is 0 Å². The van der Waals surface area contributed by atoms with Gasteiger partial charge in [0.1, 0.15) is 0 Å². The molecule has 4 heteroatoms. The van der Waals surface area contributed by atoms with E-state index in [4.69, 9.17) is 10.5 Å². The van der Waals surface area contributed by atoms with Crippen LogP contribution in [0.5, 0.6) is 0 Å². The monoisotopic (exact) mass is 215 g/mol. The topological polar surface area (TPSA) is 35.2 Å². The normalized spacial score (nSPS) is 15.1. The van der Waals surface area contributed by atoms with E-state index >= 15 is 0 Å². The highest BCUT2D eigenvalue weighted by Crippen LogP contribution is 2.24. The molecule has 0 spiro atoms. The van der Waals surface area contributed by atoms with Crippen LogP contribution >= 0.6 is 0 Å². The molecule has 0 saturated carbocycles. The average Bonchev–Trinajstić information content (AvgIpc) is 2.13. The van der Waals surface area contributed by atoms with Crippen LogP contribution in [-0.4, -0.2) is 13.7 Å². The molecule has 84 valence electrons. The molecule has 0 aliphatic carbocycles. The summed E-state index contributed by atoms with van der Waals surface area (Å²) in [6, 6.07) is 3.00. The Hall–Kier alpha value is -1.00. The predicted octanol–water partition coefficient (Wildman–Crippen LogP) is 2.09. The van der Waals surface area contributed by atoms with Gasteiger partial charge >= 0.3 is 0 Å². The summed E-state index contributed by atoms with van der Waals surface area (Å²) in [5.41, 5.74) is 5.22. The van der Waals surface area contributed by atoms with Crippen molar-refractivity contribution < 1.29 is 13.5 Å². The van der Waals surface area contributed by atoms with Gasteiger partial charge in [-0.05, 0) is 19.4 Å². The lowest BCUT2D eigenvalue weighted by Gasteiger charge is -2.25. The van der Waals surface area contributed by atoms with Crippen LogP contribution in [0, 0.1) is 18.6 Å². The third kappa shape index (κ3) is 2.33. The van der Waals surface area contributed by atoms with Gasteiger partial charge in [-0.3, -0.25) is 0 Å². The van der Waals surface area contributed by atoms with E-state index in [1.807, 2.05) is 0 Å². The van der Waals surface area contributed by atoms with Gasteiger partial charge in [-0.2, -0.15) is 0 Å². The summed E-state index contributed by atoms with van der Waals surface area (Å²) < 4.78 is 31.7. The fourth-order valence-electron chi connectivity index (χ4n) is 1.46. The quantitative estimate of drug-likeness (QED) is 0.838. The molecule has 1 rings (SSSR count). The van der Waals surface area contributed by atoms with E-state index < -0.39 is 17.2 Å². The Kier molecular flexibility index (Phi) is 3.42. The van der Waals surface area contributed by atoms with Crippen LogP contribution in [-0.2, 0) is 10.3 Å². The first kappa shape index (κ1) is 12.1. The van der Waals surface area contributed by atoms with Crippen LogP contribution in [0.25, 0.3) is 0 Å². The van der Waals surface area contributed by atoms with Crippen LogP contribution in [0.15, 0.2) is 12.1 Å². The lowest BCUT2D eigenvalue weighted by atomic mass is 9.92. The second kappa shape index (κ2) is 4.24. The van der Waals surface area contributed by atoms with Crippen molar-refractivity contribution in [2.24, 2.45) is 5.73 Å². The molecule has 0 heterocycles. The summed E-state index contributed by atoms with van der Waals surface area (Å²) in [5, 5.41) is 0. The standard InChI is InChI=1S/C11H15F2NO/c1-7-4-5-8(10(13)9(7)12)11(2,14)6-15-3/h4-5H,6,14H2,1-3H3. The molecule has 15 heavy (non-hydrogen) atoms. The zero-order chi connectivity index (χ0) is 11.6. The Labute approximate surface area is 88.0 Å². The second-order valence-electron chi connectivity index (χ2n) is 3.91. The highest BCUT2D eigenvalue weighted by atomic mass is 19.2. The van der Waals surface area contributed by atoms with Crippen LogP contribution < -0.4 is 5.73 Å². The lowest BCUT2D eigenvalue weighted by Crippen LogP contribution is -2.39. The molecule has 0 amide bonds. The Morgan fingerprint density at radius 3 is 2.47 bits per heavy atom. The molecular formula is C11H15F2NO. The first-order chi connectivity index (χ1) is 6.90.